The first-order valence-corrected chi connectivity index (χ1v) is 4.40. The number of phenols is 1. The van der Waals surface area contributed by atoms with Crippen molar-refractivity contribution in [2.45, 2.75) is 24.8 Å². The molecular weight excluding hydrogens is 169 g/mol. The molecule has 3 N–H and O–H groups in total. The molecule has 0 unspecified atom stereocenters. The van der Waals surface area contributed by atoms with Gasteiger partial charge in [0.15, 0.2) is 0 Å². The normalized spacial score (nSPS) is 19.5. The van der Waals surface area contributed by atoms with E-state index in [4.69, 9.17) is 10.8 Å². The minimum Gasteiger partial charge on any atom is -0.508 e. The van der Waals surface area contributed by atoms with Gasteiger partial charge in [0.05, 0.1) is 0 Å². The Labute approximate surface area is 76.2 Å². The summed E-state index contributed by atoms with van der Waals surface area (Å²) in [5.41, 5.74) is 5.99. The van der Waals surface area contributed by atoms with Crippen LogP contribution >= 0.6 is 0 Å². The number of halogens is 1. The maximum atomic E-state index is 13.3. The van der Waals surface area contributed by atoms with Crippen LogP contribution in [0.2, 0.25) is 0 Å². The van der Waals surface area contributed by atoms with E-state index in [-0.39, 0.29) is 5.75 Å². The number of phenolic OH excluding ortho intramolecular Hbond substituents is 1. The van der Waals surface area contributed by atoms with Crippen LogP contribution in [-0.4, -0.2) is 5.11 Å². The van der Waals surface area contributed by atoms with Crippen molar-refractivity contribution in [1.29, 1.82) is 0 Å². The molecule has 0 aromatic heterocycles. The zero-order valence-corrected chi connectivity index (χ0v) is 7.26. The SMILES string of the molecule is NC1(c2ccc(O)cc2F)CCC1. The van der Waals surface area contributed by atoms with Gasteiger partial charge in [-0.15, -0.1) is 0 Å². The summed E-state index contributed by atoms with van der Waals surface area (Å²) in [6.07, 6.45) is 2.71. The molecular formula is C10H12FNO. The van der Waals surface area contributed by atoms with Crippen molar-refractivity contribution in [3.63, 3.8) is 0 Å². The molecule has 1 saturated carbocycles. The van der Waals surface area contributed by atoms with Crippen molar-refractivity contribution in [3.05, 3.63) is 29.6 Å². The first kappa shape index (κ1) is 8.51. The monoisotopic (exact) mass is 181 g/mol. The molecule has 1 aliphatic rings. The molecule has 0 bridgehead atoms. The molecule has 1 aromatic rings. The summed E-state index contributed by atoms with van der Waals surface area (Å²) in [5, 5.41) is 9.01. The van der Waals surface area contributed by atoms with E-state index < -0.39 is 11.4 Å². The molecule has 0 spiro atoms. The molecule has 1 aromatic carbocycles. The third kappa shape index (κ3) is 1.29. The summed E-state index contributed by atoms with van der Waals surface area (Å²) >= 11 is 0. The van der Waals surface area contributed by atoms with E-state index in [2.05, 4.69) is 0 Å². The largest absolute Gasteiger partial charge is 0.508 e. The Bertz CT molecular complexity index is 334. The zero-order chi connectivity index (χ0) is 9.47. The van der Waals surface area contributed by atoms with Gasteiger partial charge in [-0.2, -0.15) is 0 Å². The summed E-state index contributed by atoms with van der Waals surface area (Å²) in [6, 6.07) is 4.16. The standard InChI is InChI=1S/C10H12FNO/c11-9-6-7(13)2-3-8(9)10(12)4-1-5-10/h2-3,6,13H,1,4-5,12H2. The van der Waals surface area contributed by atoms with Gasteiger partial charge in [-0.1, -0.05) is 6.07 Å². The van der Waals surface area contributed by atoms with Crippen LogP contribution in [0.4, 0.5) is 4.39 Å². The van der Waals surface area contributed by atoms with E-state index in [1.165, 1.54) is 6.07 Å². The van der Waals surface area contributed by atoms with Crippen molar-refractivity contribution in [2.75, 3.05) is 0 Å². The second kappa shape index (κ2) is 2.70. The highest BCUT2D eigenvalue weighted by Crippen LogP contribution is 2.40. The summed E-state index contributed by atoms with van der Waals surface area (Å²) in [4.78, 5) is 0. The number of hydrogen-bond donors (Lipinski definition) is 2. The molecule has 70 valence electrons. The van der Waals surface area contributed by atoms with Gasteiger partial charge >= 0.3 is 0 Å². The molecule has 0 amide bonds. The van der Waals surface area contributed by atoms with Crippen LogP contribution in [0.1, 0.15) is 24.8 Å². The number of benzene rings is 1. The predicted molar refractivity (Wildman–Crippen MR) is 47.8 cm³/mol. The van der Waals surface area contributed by atoms with E-state index in [1.54, 1.807) is 6.07 Å². The number of rotatable bonds is 1. The molecule has 13 heavy (non-hydrogen) atoms. The zero-order valence-electron chi connectivity index (χ0n) is 7.26. The Morgan fingerprint density at radius 2 is 2.08 bits per heavy atom. The summed E-state index contributed by atoms with van der Waals surface area (Å²) in [6.45, 7) is 0. The van der Waals surface area contributed by atoms with Gasteiger partial charge < -0.3 is 10.8 Å². The van der Waals surface area contributed by atoms with Crippen LogP contribution in [0.25, 0.3) is 0 Å². The molecule has 0 aliphatic heterocycles. The highest BCUT2D eigenvalue weighted by atomic mass is 19.1. The van der Waals surface area contributed by atoms with Crippen LogP contribution in [0.5, 0.6) is 5.75 Å². The van der Waals surface area contributed by atoms with Crippen molar-refractivity contribution >= 4 is 0 Å². The van der Waals surface area contributed by atoms with E-state index in [0.29, 0.717) is 5.56 Å². The fourth-order valence-electron chi connectivity index (χ4n) is 1.73. The van der Waals surface area contributed by atoms with Crippen molar-refractivity contribution in [3.8, 4) is 5.75 Å². The Balaban J connectivity index is 2.40. The van der Waals surface area contributed by atoms with Crippen molar-refractivity contribution < 1.29 is 9.50 Å². The average molecular weight is 181 g/mol. The molecule has 0 heterocycles. The molecule has 2 rings (SSSR count). The molecule has 3 heteroatoms. The third-order valence-electron chi connectivity index (χ3n) is 2.73. The fourth-order valence-corrected chi connectivity index (χ4v) is 1.73. The summed E-state index contributed by atoms with van der Waals surface area (Å²) in [5.74, 6) is -0.452. The number of nitrogens with two attached hydrogens (primary N) is 1. The maximum absolute atomic E-state index is 13.3. The van der Waals surface area contributed by atoms with Gasteiger partial charge in [0.25, 0.3) is 0 Å². The van der Waals surface area contributed by atoms with E-state index in [1.807, 2.05) is 0 Å². The Kier molecular flexibility index (Phi) is 1.77. The van der Waals surface area contributed by atoms with Crippen molar-refractivity contribution in [2.24, 2.45) is 5.73 Å². The molecule has 1 fully saturated rings. The molecule has 2 nitrogen and oxygen atoms in total. The predicted octanol–water partition coefficient (Wildman–Crippen LogP) is 1.87. The Morgan fingerprint density at radius 1 is 1.38 bits per heavy atom. The van der Waals surface area contributed by atoms with E-state index in [0.717, 1.165) is 25.3 Å². The second-order valence-corrected chi connectivity index (χ2v) is 3.67. The minimum absolute atomic E-state index is 0.0517. The van der Waals surface area contributed by atoms with Gasteiger partial charge in [-0.3, -0.25) is 0 Å². The number of hydrogen-bond acceptors (Lipinski definition) is 2. The maximum Gasteiger partial charge on any atom is 0.131 e. The van der Waals surface area contributed by atoms with E-state index >= 15 is 0 Å². The van der Waals surface area contributed by atoms with Gasteiger partial charge in [0, 0.05) is 17.2 Å². The third-order valence-corrected chi connectivity index (χ3v) is 2.73. The van der Waals surface area contributed by atoms with Crippen molar-refractivity contribution in [1.82, 2.24) is 0 Å². The van der Waals surface area contributed by atoms with Crippen LogP contribution < -0.4 is 5.73 Å². The summed E-state index contributed by atoms with van der Waals surface area (Å²) < 4.78 is 13.3. The lowest BCUT2D eigenvalue weighted by Crippen LogP contribution is -2.43. The first-order chi connectivity index (χ1) is 6.12. The lowest BCUT2D eigenvalue weighted by Gasteiger charge is -2.38. The van der Waals surface area contributed by atoms with Crippen LogP contribution in [0.15, 0.2) is 18.2 Å². The Hall–Kier alpha value is -1.09. The fraction of sp³-hybridized carbons (Fsp3) is 0.400. The first-order valence-electron chi connectivity index (χ1n) is 4.40. The van der Waals surface area contributed by atoms with Gasteiger partial charge in [-0.25, -0.2) is 4.39 Å². The van der Waals surface area contributed by atoms with Gasteiger partial charge in [-0.05, 0) is 25.3 Å². The average Bonchev–Trinajstić information content (AvgIpc) is 2.00. The van der Waals surface area contributed by atoms with Crippen LogP contribution in [0.3, 0.4) is 0 Å². The van der Waals surface area contributed by atoms with Gasteiger partial charge in [0.1, 0.15) is 11.6 Å². The van der Waals surface area contributed by atoms with Crippen LogP contribution in [0, 0.1) is 5.82 Å². The lowest BCUT2D eigenvalue weighted by atomic mass is 9.72. The number of aromatic hydroxyl groups is 1. The lowest BCUT2D eigenvalue weighted by molar-refractivity contribution is 0.245. The molecule has 1 aliphatic carbocycles. The minimum atomic E-state index is -0.488. The Morgan fingerprint density at radius 3 is 2.54 bits per heavy atom. The van der Waals surface area contributed by atoms with Gasteiger partial charge in [0.2, 0.25) is 0 Å². The molecule has 0 atom stereocenters. The summed E-state index contributed by atoms with van der Waals surface area (Å²) in [7, 11) is 0. The molecule has 0 saturated heterocycles. The highest BCUT2D eigenvalue weighted by Gasteiger charge is 2.36. The van der Waals surface area contributed by atoms with E-state index in [9.17, 15) is 4.39 Å². The highest BCUT2D eigenvalue weighted by molar-refractivity contribution is 5.33. The van der Waals surface area contributed by atoms with Crippen LogP contribution in [-0.2, 0) is 5.54 Å². The molecule has 0 radical (unpaired) electrons. The second-order valence-electron chi connectivity index (χ2n) is 3.67. The quantitative estimate of drug-likeness (QED) is 0.694. The smallest absolute Gasteiger partial charge is 0.131 e. The topological polar surface area (TPSA) is 46.2 Å².